The normalized spacial score (nSPS) is 10.1. The first-order chi connectivity index (χ1) is 9.95. The van der Waals surface area contributed by atoms with Gasteiger partial charge < -0.3 is 16.2 Å². The van der Waals surface area contributed by atoms with E-state index in [4.69, 9.17) is 10.8 Å². The highest BCUT2D eigenvalue weighted by Gasteiger charge is 2.09. The second-order valence-corrected chi connectivity index (χ2v) is 4.64. The van der Waals surface area contributed by atoms with E-state index in [0.717, 1.165) is 0 Å². The summed E-state index contributed by atoms with van der Waals surface area (Å²) in [6.07, 6.45) is 1.62. The van der Waals surface area contributed by atoms with Crippen LogP contribution in [0.3, 0.4) is 0 Å². The summed E-state index contributed by atoms with van der Waals surface area (Å²) < 4.78 is 0. The highest BCUT2D eigenvalue weighted by Crippen LogP contribution is 2.15. The molecule has 0 unspecified atom stereocenters. The molecule has 1 heterocycles. The first kappa shape index (κ1) is 14.5. The Kier molecular flexibility index (Phi) is 4.18. The molecule has 1 aromatic heterocycles. The van der Waals surface area contributed by atoms with E-state index in [-0.39, 0.29) is 17.9 Å². The Hall–Kier alpha value is -2.89. The Labute approximate surface area is 121 Å². The van der Waals surface area contributed by atoms with Gasteiger partial charge in [-0.15, -0.1) is 0 Å². The second kappa shape index (κ2) is 6.04. The van der Waals surface area contributed by atoms with Crippen molar-refractivity contribution in [1.82, 2.24) is 4.98 Å². The van der Waals surface area contributed by atoms with E-state index >= 15 is 0 Å². The van der Waals surface area contributed by atoms with Crippen molar-refractivity contribution in [1.29, 1.82) is 0 Å². The molecule has 6 nitrogen and oxygen atoms in total. The van der Waals surface area contributed by atoms with Gasteiger partial charge in [0.2, 0.25) is 5.91 Å². The number of nitrogens with two attached hydrogens (primary N) is 1. The summed E-state index contributed by atoms with van der Waals surface area (Å²) in [4.78, 5) is 26.9. The number of nitrogens with zero attached hydrogens (tertiary/aromatic N) is 1. The minimum atomic E-state index is -0.989. The molecule has 6 heteroatoms. The molecular formula is C15H15N3O3. The highest BCUT2D eigenvalue weighted by atomic mass is 16.4. The number of nitrogens with one attached hydrogen (secondary N) is 1. The molecule has 0 radical (unpaired) electrons. The van der Waals surface area contributed by atoms with Crippen LogP contribution in [0.25, 0.3) is 0 Å². The van der Waals surface area contributed by atoms with Gasteiger partial charge in [-0.3, -0.25) is 9.78 Å². The maximum absolute atomic E-state index is 11.9. The van der Waals surface area contributed by atoms with Crippen LogP contribution in [-0.4, -0.2) is 22.0 Å². The molecule has 0 saturated carbocycles. The molecule has 2 rings (SSSR count). The van der Waals surface area contributed by atoms with Crippen molar-refractivity contribution in [3.63, 3.8) is 0 Å². The molecule has 0 atom stereocenters. The predicted octanol–water partition coefficient (Wildman–Crippen LogP) is 1.85. The molecule has 1 aromatic carbocycles. The average molecular weight is 285 g/mol. The summed E-state index contributed by atoms with van der Waals surface area (Å²) in [6.45, 7) is 1.68. The van der Waals surface area contributed by atoms with Crippen molar-refractivity contribution in [2.45, 2.75) is 13.3 Å². The summed E-state index contributed by atoms with van der Waals surface area (Å²) in [5.41, 5.74) is 8.04. The van der Waals surface area contributed by atoms with Gasteiger partial charge in [-0.2, -0.15) is 0 Å². The molecule has 2 aromatic rings. The maximum atomic E-state index is 11.9. The van der Waals surface area contributed by atoms with Crippen LogP contribution < -0.4 is 11.1 Å². The number of hydrogen-bond donors (Lipinski definition) is 3. The third kappa shape index (κ3) is 3.79. The number of aromatic nitrogens is 1. The minimum Gasteiger partial charge on any atom is -0.478 e. The Bertz CT molecular complexity index is 681. The number of rotatable bonds is 4. The number of nitrogen functional groups attached to an aromatic ring is 1. The molecular weight excluding hydrogens is 270 g/mol. The van der Waals surface area contributed by atoms with Crippen LogP contribution in [0.4, 0.5) is 11.4 Å². The lowest BCUT2D eigenvalue weighted by atomic mass is 10.1. The highest BCUT2D eigenvalue weighted by molar-refractivity contribution is 5.94. The predicted molar refractivity (Wildman–Crippen MR) is 79.1 cm³/mol. The smallest absolute Gasteiger partial charge is 0.335 e. The number of aryl methyl sites for hydroxylation is 1. The third-order valence-electron chi connectivity index (χ3n) is 2.93. The summed E-state index contributed by atoms with van der Waals surface area (Å²) in [6, 6.07) is 8.02. The zero-order valence-electron chi connectivity index (χ0n) is 11.5. The number of carboxylic acids is 1. The van der Waals surface area contributed by atoms with Crippen molar-refractivity contribution in [2.24, 2.45) is 0 Å². The van der Waals surface area contributed by atoms with Gasteiger partial charge in [0.15, 0.2) is 0 Å². The molecule has 4 N–H and O–H groups in total. The number of carbonyl (C=O) groups is 2. The summed E-state index contributed by atoms with van der Waals surface area (Å²) in [5.74, 6) is -1.22. The van der Waals surface area contributed by atoms with Crippen LogP contribution in [0.1, 0.15) is 21.6 Å². The number of anilines is 2. The van der Waals surface area contributed by atoms with E-state index < -0.39 is 5.97 Å². The van der Waals surface area contributed by atoms with E-state index in [1.807, 2.05) is 0 Å². The Morgan fingerprint density at radius 3 is 2.62 bits per heavy atom. The molecule has 1 amide bonds. The number of hydrogen-bond acceptors (Lipinski definition) is 4. The third-order valence-corrected chi connectivity index (χ3v) is 2.93. The van der Waals surface area contributed by atoms with E-state index in [9.17, 15) is 9.59 Å². The van der Waals surface area contributed by atoms with Crippen molar-refractivity contribution in [3.05, 3.63) is 53.3 Å². The van der Waals surface area contributed by atoms with Gasteiger partial charge >= 0.3 is 5.97 Å². The zero-order chi connectivity index (χ0) is 15.4. The van der Waals surface area contributed by atoms with Crippen LogP contribution in [0, 0.1) is 6.92 Å². The van der Waals surface area contributed by atoms with E-state index in [1.54, 1.807) is 31.2 Å². The van der Waals surface area contributed by atoms with Crippen molar-refractivity contribution < 1.29 is 14.7 Å². The number of carboxylic acid groups (broad SMARTS) is 1. The standard InChI is InChI=1S/C15H15N3O3/c1-9-6-12(4-5-13(9)15(20)21)18-14(19)7-11-3-2-10(16)8-17-11/h2-6,8H,7,16H2,1H3,(H,18,19)(H,20,21). The Morgan fingerprint density at radius 2 is 2.05 bits per heavy atom. The molecule has 0 saturated heterocycles. The summed E-state index contributed by atoms with van der Waals surface area (Å²) >= 11 is 0. The lowest BCUT2D eigenvalue weighted by molar-refractivity contribution is -0.115. The molecule has 21 heavy (non-hydrogen) atoms. The van der Waals surface area contributed by atoms with Crippen LogP contribution in [0.15, 0.2) is 36.5 Å². The second-order valence-electron chi connectivity index (χ2n) is 4.64. The number of benzene rings is 1. The molecule has 0 aliphatic carbocycles. The van der Waals surface area contributed by atoms with E-state index in [2.05, 4.69) is 10.3 Å². The van der Waals surface area contributed by atoms with Gasteiger partial charge in [-0.25, -0.2) is 4.79 Å². The maximum Gasteiger partial charge on any atom is 0.335 e. The van der Waals surface area contributed by atoms with Gasteiger partial charge in [-0.1, -0.05) is 0 Å². The van der Waals surface area contributed by atoms with Gasteiger partial charge in [0, 0.05) is 11.4 Å². The first-order valence-corrected chi connectivity index (χ1v) is 6.30. The van der Waals surface area contributed by atoms with Crippen molar-refractivity contribution >= 4 is 23.3 Å². The number of pyridine rings is 1. The molecule has 0 spiro atoms. The zero-order valence-corrected chi connectivity index (χ0v) is 11.5. The fourth-order valence-corrected chi connectivity index (χ4v) is 1.89. The van der Waals surface area contributed by atoms with Gasteiger partial charge in [0.25, 0.3) is 0 Å². The van der Waals surface area contributed by atoms with Gasteiger partial charge in [0.05, 0.1) is 23.9 Å². The SMILES string of the molecule is Cc1cc(NC(=O)Cc2ccc(N)cn2)ccc1C(=O)O. The summed E-state index contributed by atoms with van der Waals surface area (Å²) in [7, 11) is 0. The van der Waals surface area contributed by atoms with Crippen LogP contribution in [0.2, 0.25) is 0 Å². The lowest BCUT2D eigenvalue weighted by Crippen LogP contribution is -2.15. The van der Waals surface area contributed by atoms with Crippen LogP contribution in [0.5, 0.6) is 0 Å². The van der Waals surface area contributed by atoms with Crippen molar-refractivity contribution in [2.75, 3.05) is 11.1 Å². The summed E-state index contributed by atoms with van der Waals surface area (Å²) in [5, 5.41) is 11.7. The van der Waals surface area contributed by atoms with Crippen LogP contribution in [-0.2, 0) is 11.2 Å². The van der Waals surface area contributed by atoms with E-state index in [1.165, 1.54) is 12.3 Å². The quantitative estimate of drug-likeness (QED) is 0.795. The molecule has 108 valence electrons. The van der Waals surface area contributed by atoms with Crippen molar-refractivity contribution in [3.8, 4) is 0 Å². The average Bonchev–Trinajstić information content (AvgIpc) is 2.41. The van der Waals surface area contributed by atoms with Gasteiger partial charge in [0.1, 0.15) is 0 Å². The molecule has 0 bridgehead atoms. The molecule has 0 aliphatic rings. The topological polar surface area (TPSA) is 105 Å². The Morgan fingerprint density at radius 1 is 1.29 bits per heavy atom. The largest absolute Gasteiger partial charge is 0.478 e. The van der Waals surface area contributed by atoms with Gasteiger partial charge in [-0.05, 0) is 42.8 Å². The minimum absolute atomic E-state index is 0.125. The molecule has 0 fully saturated rings. The number of amides is 1. The fraction of sp³-hybridized carbons (Fsp3) is 0.133. The lowest BCUT2D eigenvalue weighted by Gasteiger charge is -2.07. The number of carbonyl (C=O) groups excluding carboxylic acids is 1. The van der Waals surface area contributed by atoms with E-state index in [0.29, 0.717) is 22.6 Å². The Balaban J connectivity index is 2.04. The molecule has 0 aliphatic heterocycles. The number of aromatic carboxylic acids is 1. The van der Waals surface area contributed by atoms with Crippen LogP contribution >= 0.6 is 0 Å². The monoisotopic (exact) mass is 285 g/mol. The first-order valence-electron chi connectivity index (χ1n) is 6.30. The fourth-order valence-electron chi connectivity index (χ4n) is 1.89.